The Morgan fingerprint density at radius 3 is 2.72 bits per heavy atom. The van der Waals surface area contributed by atoms with Crippen LogP contribution in [0, 0.1) is 5.82 Å². The number of nitrogens with one attached hydrogen (secondary N) is 1. The van der Waals surface area contributed by atoms with Gasteiger partial charge in [0.25, 0.3) is 0 Å². The molecular formula is C15H24FNS. The third kappa shape index (κ3) is 5.87. The van der Waals surface area contributed by atoms with Crippen LogP contribution in [0.2, 0.25) is 0 Å². The molecule has 18 heavy (non-hydrogen) atoms. The zero-order chi connectivity index (χ0) is 13.4. The van der Waals surface area contributed by atoms with E-state index in [1.165, 1.54) is 12.5 Å². The summed E-state index contributed by atoms with van der Waals surface area (Å²) in [4.78, 5) is 0. The fourth-order valence-electron chi connectivity index (χ4n) is 1.83. The van der Waals surface area contributed by atoms with Crippen molar-refractivity contribution in [2.45, 2.75) is 44.9 Å². The molecule has 1 N–H and O–H groups in total. The van der Waals surface area contributed by atoms with Crippen molar-refractivity contribution in [1.82, 2.24) is 5.32 Å². The summed E-state index contributed by atoms with van der Waals surface area (Å²) in [6, 6.07) is 7.35. The first-order valence-electron chi connectivity index (χ1n) is 6.75. The van der Waals surface area contributed by atoms with Crippen molar-refractivity contribution in [3.05, 3.63) is 35.6 Å². The molecule has 0 spiro atoms. The summed E-state index contributed by atoms with van der Waals surface area (Å²) in [7, 11) is 0. The number of likely N-dealkylation sites (N-methyl/N-ethyl adjacent to an activating group) is 1. The average molecular weight is 269 g/mol. The molecular weight excluding hydrogens is 245 g/mol. The Hall–Kier alpha value is -0.540. The van der Waals surface area contributed by atoms with Crippen LogP contribution in [0.1, 0.15) is 32.8 Å². The van der Waals surface area contributed by atoms with E-state index < -0.39 is 0 Å². The standard InChI is InChI=1S/C15H24FNS/c1-4-12(3)18-11-15(17-5-2)10-13-7-6-8-14(16)9-13/h6-9,12,15,17H,4-5,10-11H2,1-3H3. The van der Waals surface area contributed by atoms with Crippen molar-refractivity contribution in [2.75, 3.05) is 12.3 Å². The number of hydrogen-bond donors (Lipinski definition) is 1. The molecule has 0 aliphatic heterocycles. The number of benzene rings is 1. The molecule has 0 saturated carbocycles. The van der Waals surface area contributed by atoms with Gasteiger partial charge in [0.05, 0.1) is 0 Å². The third-order valence-electron chi connectivity index (χ3n) is 3.02. The largest absolute Gasteiger partial charge is 0.313 e. The van der Waals surface area contributed by atoms with Crippen molar-refractivity contribution >= 4 is 11.8 Å². The van der Waals surface area contributed by atoms with Gasteiger partial charge in [-0.05, 0) is 37.1 Å². The summed E-state index contributed by atoms with van der Waals surface area (Å²) >= 11 is 1.99. The monoisotopic (exact) mass is 269 g/mol. The predicted octanol–water partition coefficient (Wildman–Crippen LogP) is 3.88. The number of rotatable bonds is 8. The normalized spacial score (nSPS) is 14.4. The summed E-state index contributed by atoms with van der Waals surface area (Å²) in [5, 5.41) is 4.18. The van der Waals surface area contributed by atoms with Crippen LogP contribution in [0.15, 0.2) is 24.3 Å². The van der Waals surface area contributed by atoms with E-state index in [0.717, 1.165) is 24.3 Å². The van der Waals surface area contributed by atoms with Crippen molar-refractivity contribution in [2.24, 2.45) is 0 Å². The van der Waals surface area contributed by atoms with Gasteiger partial charge in [-0.2, -0.15) is 11.8 Å². The van der Waals surface area contributed by atoms with Crippen LogP contribution >= 0.6 is 11.8 Å². The Morgan fingerprint density at radius 2 is 2.11 bits per heavy atom. The average Bonchev–Trinajstić information content (AvgIpc) is 2.36. The smallest absolute Gasteiger partial charge is 0.123 e. The van der Waals surface area contributed by atoms with E-state index >= 15 is 0 Å². The second kappa shape index (κ2) is 8.54. The SMILES string of the molecule is CCNC(CSC(C)CC)Cc1cccc(F)c1. The lowest BCUT2D eigenvalue weighted by molar-refractivity contribution is 0.567. The molecule has 102 valence electrons. The number of halogens is 1. The Morgan fingerprint density at radius 1 is 1.33 bits per heavy atom. The van der Waals surface area contributed by atoms with Gasteiger partial charge in [-0.25, -0.2) is 4.39 Å². The fourth-order valence-corrected chi connectivity index (χ4v) is 2.86. The lowest BCUT2D eigenvalue weighted by Crippen LogP contribution is -2.33. The highest BCUT2D eigenvalue weighted by atomic mass is 32.2. The molecule has 1 aromatic carbocycles. The maximum absolute atomic E-state index is 13.1. The maximum atomic E-state index is 13.1. The van der Waals surface area contributed by atoms with Crippen LogP contribution in [-0.4, -0.2) is 23.6 Å². The van der Waals surface area contributed by atoms with Crippen LogP contribution in [0.5, 0.6) is 0 Å². The fraction of sp³-hybridized carbons (Fsp3) is 0.600. The molecule has 3 heteroatoms. The zero-order valence-electron chi connectivity index (χ0n) is 11.6. The molecule has 0 bridgehead atoms. The Kier molecular flexibility index (Phi) is 7.36. The van der Waals surface area contributed by atoms with Gasteiger partial charge in [-0.3, -0.25) is 0 Å². The van der Waals surface area contributed by atoms with E-state index in [1.807, 2.05) is 17.8 Å². The minimum absolute atomic E-state index is 0.141. The second-order valence-electron chi connectivity index (χ2n) is 4.64. The first kappa shape index (κ1) is 15.5. The van der Waals surface area contributed by atoms with Crippen LogP contribution < -0.4 is 5.32 Å². The number of hydrogen-bond acceptors (Lipinski definition) is 2. The first-order valence-corrected chi connectivity index (χ1v) is 7.80. The summed E-state index contributed by atoms with van der Waals surface area (Å²) in [5.41, 5.74) is 1.07. The van der Waals surface area contributed by atoms with E-state index in [4.69, 9.17) is 0 Å². The number of thioether (sulfide) groups is 1. The van der Waals surface area contributed by atoms with Gasteiger partial charge < -0.3 is 5.32 Å². The molecule has 1 rings (SSSR count). The van der Waals surface area contributed by atoms with E-state index in [2.05, 4.69) is 26.1 Å². The second-order valence-corrected chi connectivity index (χ2v) is 6.11. The van der Waals surface area contributed by atoms with E-state index in [1.54, 1.807) is 12.1 Å². The van der Waals surface area contributed by atoms with Crippen molar-refractivity contribution in [1.29, 1.82) is 0 Å². The minimum Gasteiger partial charge on any atom is -0.313 e. The molecule has 0 saturated heterocycles. The van der Waals surface area contributed by atoms with E-state index in [-0.39, 0.29) is 5.82 Å². The lowest BCUT2D eigenvalue weighted by atomic mass is 10.1. The highest BCUT2D eigenvalue weighted by Crippen LogP contribution is 2.17. The van der Waals surface area contributed by atoms with Crippen molar-refractivity contribution in [3.8, 4) is 0 Å². The van der Waals surface area contributed by atoms with E-state index in [0.29, 0.717) is 11.3 Å². The Balaban J connectivity index is 2.51. The Labute approximate surface area is 115 Å². The zero-order valence-corrected chi connectivity index (χ0v) is 12.4. The minimum atomic E-state index is -0.141. The maximum Gasteiger partial charge on any atom is 0.123 e. The van der Waals surface area contributed by atoms with E-state index in [9.17, 15) is 4.39 Å². The van der Waals surface area contributed by atoms with Gasteiger partial charge in [-0.1, -0.05) is 32.9 Å². The highest BCUT2D eigenvalue weighted by Gasteiger charge is 2.11. The van der Waals surface area contributed by atoms with Gasteiger partial charge in [0, 0.05) is 17.0 Å². The van der Waals surface area contributed by atoms with Crippen LogP contribution in [0.4, 0.5) is 4.39 Å². The molecule has 1 aromatic rings. The Bertz CT molecular complexity index is 343. The molecule has 0 heterocycles. The van der Waals surface area contributed by atoms with Gasteiger partial charge in [0.15, 0.2) is 0 Å². The summed E-state index contributed by atoms with van der Waals surface area (Å²) in [6.07, 6.45) is 2.10. The molecule has 0 radical (unpaired) electrons. The third-order valence-corrected chi connectivity index (χ3v) is 4.52. The molecule has 0 fully saturated rings. The van der Waals surface area contributed by atoms with Gasteiger partial charge in [0.1, 0.15) is 5.82 Å². The molecule has 0 amide bonds. The van der Waals surface area contributed by atoms with Crippen molar-refractivity contribution in [3.63, 3.8) is 0 Å². The molecule has 0 aromatic heterocycles. The first-order chi connectivity index (χ1) is 8.65. The molecule has 2 unspecified atom stereocenters. The predicted molar refractivity (Wildman–Crippen MR) is 79.8 cm³/mol. The van der Waals surface area contributed by atoms with Crippen molar-refractivity contribution < 1.29 is 4.39 Å². The molecule has 1 nitrogen and oxygen atoms in total. The molecule has 0 aliphatic carbocycles. The van der Waals surface area contributed by atoms with Crippen LogP contribution in [0.3, 0.4) is 0 Å². The summed E-state index contributed by atoms with van der Waals surface area (Å²) < 4.78 is 13.1. The molecule has 2 atom stereocenters. The topological polar surface area (TPSA) is 12.0 Å². The summed E-state index contributed by atoms with van der Waals surface area (Å²) in [6.45, 7) is 7.55. The van der Waals surface area contributed by atoms with Crippen LogP contribution in [0.25, 0.3) is 0 Å². The molecule has 0 aliphatic rings. The van der Waals surface area contributed by atoms with Gasteiger partial charge >= 0.3 is 0 Å². The lowest BCUT2D eigenvalue weighted by Gasteiger charge is -2.19. The van der Waals surface area contributed by atoms with Gasteiger partial charge in [0.2, 0.25) is 0 Å². The quantitative estimate of drug-likeness (QED) is 0.768. The highest BCUT2D eigenvalue weighted by molar-refractivity contribution is 7.99. The van der Waals surface area contributed by atoms with Gasteiger partial charge in [-0.15, -0.1) is 0 Å². The summed E-state index contributed by atoms with van der Waals surface area (Å²) in [5.74, 6) is 0.941. The van der Waals surface area contributed by atoms with Crippen LogP contribution in [-0.2, 0) is 6.42 Å².